The number of hydrogen-bond acceptors (Lipinski definition) is 4. The number of hydrogen-bond donors (Lipinski definition) is 1. The van der Waals surface area contributed by atoms with Gasteiger partial charge in [-0.15, -0.1) is 0 Å². The highest BCUT2D eigenvalue weighted by molar-refractivity contribution is 5.50. The molecule has 1 atom stereocenters. The molecule has 5 nitrogen and oxygen atoms in total. The lowest BCUT2D eigenvalue weighted by atomic mass is 10.1. The highest BCUT2D eigenvalue weighted by Gasteiger charge is 2.23. The Morgan fingerprint density at radius 1 is 1.14 bits per heavy atom. The van der Waals surface area contributed by atoms with E-state index in [4.69, 9.17) is 4.74 Å². The summed E-state index contributed by atoms with van der Waals surface area (Å²) in [5.74, 6) is -3.00. The van der Waals surface area contributed by atoms with Gasteiger partial charge in [0.05, 0.1) is 11.0 Å². The Hall–Kier alpha value is -2.54. The summed E-state index contributed by atoms with van der Waals surface area (Å²) in [5, 5.41) is 20.5. The van der Waals surface area contributed by atoms with Crippen LogP contribution in [0, 0.1) is 21.7 Å². The van der Waals surface area contributed by atoms with Gasteiger partial charge in [0.15, 0.2) is 17.4 Å². The molecular formula is C14H11F2NO4. The molecule has 0 saturated carbocycles. The van der Waals surface area contributed by atoms with Crippen molar-refractivity contribution in [2.75, 3.05) is 0 Å². The van der Waals surface area contributed by atoms with Crippen LogP contribution in [-0.2, 0) is 0 Å². The predicted molar refractivity (Wildman–Crippen MR) is 70.2 cm³/mol. The van der Waals surface area contributed by atoms with Gasteiger partial charge < -0.3 is 9.84 Å². The zero-order valence-electron chi connectivity index (χ0n) is 10.9. The average molecular weight is 295 g/mol. The summed E-state index contributed by atoms with van der Waals surface area (Å²) in [5.41, 5.74) is -0.567. The smallest absolute Gasteiger partial charge is 0.314 e. The van der Waals surface area contributed by atoms with Crippen LogP contribution in [-0.4, -0.2) is 10.0 Å². The van der Waals surface area contributed by atoms with Crippen LogP contribution < -0.4 is 4.74 Å². The summed E-state index contributed by atoms with van der Waals surface area (Å²) in [7, 11) is 0. The van der Waals surface area contributed by atoms with E-state index in [1.54, 1.807) is 0 Å². The van der Waals surface area contributed by atoms with E-state index in [2.05, 4.69) is 0 Å². The first-order valence-electron chi connectivity index (χ1n) is 5.99. The summed E-state index contributed by atoms with van der Waals surface area (Å²) in [6, 6.07) is 6.94. The van der Waals surface area contributed by atoms with Crippen LogP contribution in [0.2, 0.25) is 0 Å². The Bertz CT molecular complexity index is 689. The molecule has 1 N–H and O–H groups in total. The number of nitro benzene ring substituents is 1. The number of nitro groups is 1. The number of rotatable bonds is 4. The Labute approximate surface area is 118 Å². The van der Waals surface area contributed by atoms with Crippen molar-refractivity contribution in [3.63, 3.8) is 0 Å². The van der Waals surface area contributed by atoms with Crippen molar-refractivity contribution >= 4 is 5.69 Å². The Kier molecular flexibility index (Phi) is 4.13. The van der Waals surface area contributed by atoms with Gasteiger partial charge >= 0.3 is 5.69 Å². The first-order chi connectivity index (χ1) is 9.91. The number of aliphatic hydroxyl groups excluding tert-OH is 1. The molecule has 1 unspecified atom stereocenters. The molecule has 0 bridgehead atoms. The van der Waals surface area contributed by atoms with Gasteiger partial charge in [-0.05, 0) is 19.1 Å². The van der Waals surface area contributed by atoms with E-state index in [0.29, 0.717) is 0 Å². The zero-order chi connectivity index (χ0) is 15.6. The molecule has 2 aromatic rings. The molecule has 0 aliphatic heterocycles. The summed E-state index contributed by atoms with van der Waals surface area (Å²) in [6.45, 7) is 1.37. The highest BCUT2D eigenvalue weighted by atomic mass is 19.1. The Morgan fingerprint density at radius 3 is 2.29 bits per heavy atom. The highest BCUT2D eigenvalue weighted by Crippen LogP contribution is 2.38. The van der Waals surface area contributed by atoms with Crippen molar-refractivity contribution in [1.82, 2.24) is 0 Å². The first-order valence-corrected chi connectivity index (χ1v) is 5.99. The van der Waals surface area contributed by atoms with Crippen LogP contribution in [0.4, 0.5) is 14.5 Å². The predicted octanol–water partition coefficient (Wildman–Crippen LogP) is 3.72. The molecule has 7 heteroatoms. The van der Waals surface area contributed by atoms with Crippen molar-refractivity contribution in [3.8, 4) is 11.5 Å². The third-order valence-electron chi connectivity index (χ3n) is 2.79. The van der Waals surface area contributed by atoms with Gasteiger partial charge in [-0.25, -0.2) is 8.78 Å². The quantitative estimate of drug-likeness (QED) is 0.689. The Balaban J connectivity index is 2.56. The van der Waals surface area contributed by atoms with Gasteiger partial charge in [-0.3, -0.25) is 10.1 Å². The van der Waals surface area contributed by atoms with E-state index in [1.807, 2.05) is 0 Å². The van der Waals surface area contributed by atoms with Gasteiger partial charge in [0.1, 0.15) is 0 Å². The van der Waals surface area contributed by atoms with Crippen LogP contribution in [0.1, 0.15) is 18.6 Å². The maximum atomic E-state index is 13.8. The summed E-state index contributed by atoms with van der Waals surface area (Å²) in [6.07, 6.45) is -1.08. The number of halogens is 2. The van der Waals surface area contributed by atoms with Gasteiger partial charge in [0, 0.05) is 11.6 Å². The second-order valence-electron chi connectivity index (χ2n) is 4.28. The average Bonchev–Trinajstić information content (AvgIpc) is 2.42. The van der Waals surface area contributed by atoms with E-state index in [0.717, 1.165) is 24.3 Å². The van der Waals surface area contributed by atoms with Crippen LogP contribution in [0.5, 0.6) is 11.5 Å². The van der Waals surface area contributed by atoms with Gasteiger partial charge in [0.25, 0.3) is 0 Å². The Morgan fingerprint density at radius 2 is 1.71 bits per heavy atom. The fraction of sp³-hybridized carbons (Fsp3) is 0.143. The van der Waals surface area contributed by atoms with E-state index >= 15 is 0 Å². The third-order valence-corrected chi connectivity index (χ3v) is 2.79. The summed E-state index contributed by atoms with van der Waals surface area (Å²) >= 11 is 0. The fourth-order valence-electron chi connectivity index (χ4n) is 1.81. The van der Waals surface area contributed by atoms with Gasteiger partial charge in [-0.2, -0.15) is 0 Å². The molecule has 0 heterocycles. The second-order valence-corrected chi connectivity index (χ2v) is 4.28. The van der Waals surface area contributed by atoms with Crippen LogP contribution in [0.15, 0.2) is 36.4 Å². The maximum Gasteiger partial charge on any atom is 0.314 e. The number of benzene rings is 2. The molecule has 0 spiro atoms. The lowest BCUT2D eigenvalue weighted by molar-refractivity contribution is -0.385. The SMILES string of the molecule is CC(O)c1cccc(F)c1Oc1c(F)cccc1[N+](=O)[O-]. The van der Waals surface area contributed by atoms with Crippen LogP contribution in [0.25, 0.3) is 0 Å². The normalized spacial score (nSPS) is 12.0. The molecule has 0 aromatic heterocycles. The maximum absolute atomic E-state index is 13.8. The topological polar surface area (TPSA) is 72.6 Å². The molecule has 0 amide bonds. The molecular weight excluding hydrogens is 284 g/mol. The molecule has 2 aromatic carbocycles. The molecule has 21 heavy (non-hydrogen) atoms. The van der Waals surface area contributed by atoms with Gasteiger partial charge in [-0.1, -0.05) is 18.2 Å². The van der Waals surface area contributed by atoms with Crippen molar-refractivity contribution in [2.24, 2.45) is 0 Å². The lowest BCUT2D eigenvalue weighted by Crippen LogP contribution is -2.02. The minimum absolute atomic E-state index is 0.0625. The van der Waals surface area contributed by atoms with Crippen molar-refractivity contribution in [3.05, 3.63) is 63.7 Å². The number of para-hydroxylation sites is 2. The zero-order valence-corrected chi connectivity index (χ0v) is 10.9. The first kappa shape index (κ1) is 14.9. The minimum atomic E-state index is -1.08. The minimum Gasteiger partial charge on any atom is -0.444 e. The largest absolute Gasteiger partial charge is 0.444 e. The summed E-state index contributed by atoms with van der Waals surface area (Å²) in [4.78, 5) is 10.1. The molecule has 110 valence electrons. The monoisotopic (exact) mass is 295 g/mol. The number of ether oxygens (including phenoxy) is 1. The molecule has 0 aliphatic rings. The second kappa shape index (κ2) is 5.84. The number of aliphatic hydroxyl groups is 1. The van der Waals surface area contributed by atoms with Crippen molar-refractivity contribution < 1.29 is 23.5 Å². The summed E-state index contributed by atoms with van der Waals surface area (Å²) < 4.78 is 32.7. The van der Waals surface area contributed by atoms with E-state index < -0.39 is 39.8 Å². The van der Waals surface area contributed by atoms with Crippen molar-refractivity contribution in [1.29, 1.82) is 0 Å². The van der Waals surface area contributed by atoms with Crippen molar-refractivity contribution in [2.45, 2.75) is 13.0 Å². The standard InChI is InChI=1S/C14H11F2NO4/c1-8(18)9-4-2-5-10(15)13(9)21-14-11(16)6-3-7-12(14)17(19)20/h2-8,18H,1H3. The van der Waals surface area contributed by atoms with Crippen LogP contribution >= 0.6 is 0 Å². The molecule has 0 radical (unpaired) electrons. The van der Waals surface area contributed by atoms with Gasteiger partial charge in [0.2, 0.25) is 5.75 Å². The number of nitrogens with zero attached hydrogens (tertiary/aromatic N) is 1. The molecule has 0 saturated heterocycles. The molecule has 0 aliphatic carbocycles. The fourth-order valence-corrected chi connectivity index (χ4v) is 1.81. The molecule has 0 fully saturated rings. The lowest BCUT2D eigenvalue weighted by Gasteiger charge is -2.14. The third kappa shape index (κ3) is 2.97. The van der Waals surface area contributed by atoms with E-state index in [9.17, 15) is 24.0 Å². The van der Waals surface area contributed by atoms with Crippen LogP contribution in [0.3, 0.4) is 0 Å². The van der Waals surface area contributed by atoms with E-state index in [1.165, 1.54) is 19.1 Å². The molecule has 2 rings (SSSR count). The van der Waals surface area contributed by atoms with E-state index in [-0.39, 0.29) is 5.56 Å².